The van der Waals surface area contributed by atoms with Crippen LogP contribution >= 0.6 is 0 Å². The number of hydrazine groups is 1. The van der Waals surface area contributed by atoms with Gasteiger partial charge in [0.1, 0.15) is 11.6 Å². The van der Waals surface area contributed by atoms with E-state index in [-0.39, 0.29) is 21.7 Å². The molecule has 0 spiro atoms. The van der Waals surface area contributed by atoms with Gasteiger partial charge in [-0.25, -0.2) is 12.8 Å². The lowest BCUT2D eigenvalue weighted by molar-refractivity contribution is 0.0847. The number of hydrogen-bond acceptors (Lipinski definition) is 5. The van der Waals surface area contributed by atoms with Gasteiger partial charge in [-0.15, -0.1) is 0 Å². The Morgan fingerprint density at radius 3 is 2.10 bits per heavy atom. The van der Waals surface area contributed by atoms with Crippen molar-refractivity contribution in [3.05, 3.63) is 89.7 Å². The van der Waals surface area contributed by atoms with E-state index < -0.39 is 27.7 Å². The molecule has 0 fully saturated rings. The Morgan fingerprint density at radius 2 is 1.45 bits per heavy atom. The number of para-hydroxylation sites is 1. The fraction of sp³-hybridized carbons (Fsp3) is 0.0476. The first-order chi connectivity index (χ1) is 14.8. The van der Waals surface area contributed by atoms with Crippen molar-refractivity contribution in [2.24, 2.45) is 0 Å². The fourth-order valence-corrected chi connectivity index (χ4v) is 3.66. The van der Waals surface area contributed by atoms with Crippen LogP contribution < -0.4 is 20.3 Å². The van der Waals surface area contributed by atoms with Gasteiger partial charge in [-0.05, 0) is 60.7 Å². The zero-order valence-electron chi connectivity index (χ0n) is 16.3. The monoisotopic (exact) mass is 443 g/mol. The van der Waals surface area contributed by atoms with Crippen molar-refractivity contribution in [2.75, 3.05) is 11.8 Å². The molecule has 0 aliphatic rings. The summed E-state index contributed by atoms with van der Waals surface area (Å²) in [4.78, 5) is 24.6. The molecule has 0 atom stereocenters. The zero-order chi connectivity index (χ0) is 22.4. The van der Waals surface area contributed by atoms with Crippen molar-refractivity contribution < 1.29 is 27.1 Å². The molecule has 0 radical (unpaired) electrons. The van der Waals surface area contributed by atoms with Crippen molar-refractivity contribution in [3.63, 3.8) is 0 Å². The summed E-state index contributed by atoms with van der Waals surface area (Å²) >= 11 is 0. The topological polar surface area (TPSA) is 114 Å². The second-order valence-corrected chi connectivity index (χ2v) is 7.92. The van der Waals surface area contributed by atoms with Gasteiger partial charge in [0.2, 0.25) is 0 Å². The van der Waals surface area contributed by atoms with E-state index >= 15 is 0 Å². The highest BCUT2D eigenvalue weighted by Crippen LogP contribution is 2.20. The summed E-state index contributed by atoms with van der Waals surface area (Å²) in [5.74, 6) is -1.31. The maximum absolute atomic E-state index is 13.1. The van der Waals surface area contributed by atoms with Crippen LogP contribution in [0.3, 0.4) is 0 Å². The number of benzene rings is 3. The zero-order valence-corrected chi connectivity index (χ0v) is 17.1. The van der Waals surface area contributed by atoms with E-state index in [1.165, 1.54) is 43.5 Å². The molecule has 0 saturated heterocycles. The molecule has 0 unspecified atom stereocenters. The van der Waals surface area contributed by atoms with E-state index in [0.717, 1.165) is 24.3 Å². The average molecular weight is 443 g/mol. The third-order valence-corrected chi connectivity index (χ3v) is 5.56. The number of carbonyl (C=O) groups is 2. The maximum Gasteiger partial charge on any atom is 0.271 e. The highest BCUT2D eigenvalue weighted by Gasteiger charge is 2.19. The molecule has 0 heterocycles. The average Bonchev–Trinajstić information content (AvgIpc) is 2.77. The molecular formula is C21H18FN3O5S. The summed E-state index contributed by atoms with van der Waals surface area (Å²) in [6, 6.07) is 16.3. The minimum Gasteiger partial charge on any atom is -0.497 e. The predicted molar refractivity (Wildman–Crippen MR) is 112 cm³/mol. The predicted octanol–water partition coefficient (Wildman–Crippen LogP) is 2.71. The Morgan fingerprint density at radius 1 is 0.839 bits per heavy atom. The van der Waals surface area contributed by atoms with Crippen LogP contribution in [0.2, 0.25) is 0 Å². The number of hydrogen-bond donors (Lipinski definition) is 3. The number of rotatable bonds is 6. The van der Waals surface area contributed by atoms with Crippen LogP contribution in [0.25, 0.3) is 0 Å². The molecule has 160 valence electrons. The molecule has 0 bridgehead atoms. The van der Waals surface area contributed by atoms with Crippen LogP contribution in [-0.2, 0) is 10.0 Å². The Kier molecular flexibility index (Phi) is 6.51. The van der Waals surface area contributed by atoms with Gasteiger partial charge in [-0.2, -0.15) is 0 Å². The van der Waals surface area contributed by atoms with Gasteiger partial charge in [-0.3, -0.25) is 25.2 Å². The van der Waals surface area contributed by atoms with Crippen LogP contribution in [-0.4, -0.2) is 27.3 Å². The number of methoxy groups -OCH3 is 1. The number of carbonyl (C=O) groups excluding carboxylic acids is 2. The van der Waals surface area contributed by atoms with E-state index in [4.69, 9.17) is 4.74 Å². The highest BCUT2D eigenvalue weighted by molar-refractivity contribution is 7.92. The minimum atomic E-state index is -4.06. The van der Waals surface area contributed by atoms with Crippen molar-refractivity contribution in [2.45, 2.75) is 4.90 Å². The lowest BCUT2D eigenvalue weighted by atomic mass is 10.2. The molecular weight excluding hydrogens is 425 g/mol. The summed E-state index contributed by atoms with van der Waals surface area (Å²) in [5.41, 5.74) is 4.76. The van der Waals surface area contributed by atoms with Gasteiger partial charge in [0.25, 0.3) is 21.8 Å². The van der Waals surface area contributed by atoms with Crippen molar-refractivity contribution in [1.82, 2.24) is 10.9 Å². The Balaban J connectivity index is 1.72. The highest BCUT2D eigenvalue weighted by atomic mass is 32.2. The number of amides is 2. The fourth-order valence-electron chi connectivity index (χ4n) is 2.58. The van der Waals surface area contributed by atoms with E-state index in [1.54, 1.807) is 12.1 Å². The van der Waals surface area contributed by atoms with E-state index in [2.05, 4.69) is 15.6 Å². The summed E-state index contributed by atoms with van der Waals surface area (Å²) in [5, 5.41) is 0. The van der Waals surface area contributed by atoms with Gasteiger partial charge < -0.3 is 4.74 Å². The van der Waals surface area contributed by atoms with Crippen LogP contribution in [0, 0.1) is 5.82 Å². The summed E-state index contributed by atoms with van der Waals surface area (Å²) in [7, 11) is -2.57. The lowest BCUT2D eigenvalue weighted by Crippen LogP contribution is -2.41. The Bertz CT molecular complexity index is 1200. The first kappa shape index (κ1) is 21.8. The first-order valence-corrected chi connectivity index (χ1v) is 10.4. The summed E-state index contributed by atoms with van der Waals surface area (Å²) in [6.07, 6.45) is 0. The molecule has 3 N–H and O–H groups in total. The first-order valence-electron chi connectivity index (χ1n) is 8.92. The molecule has 0 saturated carbocycles. The summed E-state index contributed by atoms with van der Waals surface area (Å²) < 4.78 is 45.5. The second kappa shape index (κ2) is 9.26. The number of anilines is 1. The molecule has 0 aliphatic carbocycles. The van der Waals surface area contributed by atoms with E-state index in [1.807, 2.05) is 0 Å². The normalized spacial score (nSPS) is 10.8. The summed E-state index contributed by atoms with van der Waals surface area (Å²) in [6.45, 7) is 0. The van der Waals surface area contributed by atoms with Gasteiger partial charge in [0, 0.05) is 5.56 Å². The Labute approximate surface area is 178 Å². The molecule has 3 rings (SSSR count). The minimum absolute atomic E-state index is 0.0111. The maximum atomic E-state index is 13.1. The lowest BCUT2D eigenvalue weighted by Gasteiger charge is -2.13. The van der Waals surface area contributed by atoms with Crippen molar-refractivity contribution >= 4 is 27.5 Å². The van der Waals surface area contributed by atoms with Gasteiger partial charge in [-0.1, -0.05) is 12.1 Å². The van der Waals surface area contributed by atoms with Gasteiger partial charge in [0.15, 0.2) is 0 Å². The van der Waals surface area contributed by atoms with Crippen LogP contribution in [0.5, 0.6) is 5.75 Å². The largest absolute Gasteiger partial charge is 0.497 e. The molecule has 2 amide bonds. The van der Waals surface area contributed by atoms with Gasteiger partial charge in [0.05, 0.1) is 23.3 Å². The van der Waals surface area contributed by atoms with E-state index in [0.29, 0.717) is 5.75 Å². The quantitative estimate of drug-likeness (QED) is 0.507. The standard InChI is InChI=1S/C21H18FN3O5S/c1-30-16-10-6-14(7-11-16)20(26)23-24-21(27)18-4-2-3-5-19(18)25-31(28,29)17-12-8-15(22)9-13-17/h2-13,25H,1H3,(H,23,26)(H,24,27). The van der Waals surface area contributed by atoms with Crippen LogP contribution in [0.1, 0.15) is 20.7 Å². The molecule has 0 aromatic heterocycles. The SMILES string of the molecule is COc1ccc(C(=O)NNC(=O)c2ccccc2NS(=O)(=O)c2ccc(F)cc2)cc1. The number of nitrogens with one attached hydrogen (secondary N) is 3. The van der Waals surface area contributed by atoms with Crippen molar-refractivity contribution in [1.29, 1.82) is 0 Å². The Hall–Kier alpha value is -3.92. The van der Waals surface area contributed by atoms with Crippen molar-refractivity contribution in [3.8, 4) is 5.75 Å². The van der Waals surface area contributed by atoms with Crippen LogP contribution in [0.15, 0.2) is 77.7 Å². The molecule has 3 aromatic rings. The number of halogens is 1. The molecule has 8 nitrogen and oxygen atoms in total. The molecule has 3 aromatic carbocycles. The molecule has 0 aliphatic heterocycles. The van der Waals surface area contributed by atoms with E-state index in [9.17, 15) is 22.4 Å². The third kappa shape index (κ3) is 5.37. The third-order valence-electron chi connectivity index (χ3n) is 4.18. The van der Waals surface area contributed by atoms with Gasteiger partial charge >= 0.3 is 0 Å². The number of sulfonamides is 1. The smallest absolute Gasteiger partial charge is 0.271 e. The molecule has 31 heavy (non-hydrogen) atoms. The molecule has 10 heteroatoms. The van der Waals surface area contributed by atoms with Crippen LogP contribution in [0.4, 0.5) is 10.1 Å². The number of ether oxygens (including phenoxy) is 1. The second-order valence-electron chi connectivity index (χ2n) is 6.24.